The number of aromatic nitrogens is 2. The number of anilines is 2. The maximum Gasteiger partial charge on any atom is 0.291 e. The highest BCUT2D eigenvalue weighted by molar-refractivity contribution is 7.94. The Hall–Kier alpha value is -1.09. The summed E-state index contributed by atoms with van der Waals surface area (Å²) in [5, 5.41) is 7.40. The van der Waals surface area contributed by atoms with Gasteiger partial charge in [-0.3, -0.25) is 4.72 Å². The molecule has 0 fully saturated rings. The van der Waals surface area contributed by atoms with Crippen molar-refractivity contribution in [1.29, 1.82) is 0 Å². The van der Waals surface area contributed by atoms with Crippen molar-refractivity contribution in [1.82, 2.24) is 10.2 Å². The Balaban J connectivity index is 2.44. The molecule has 6 nitrogen and oxygen atoms in total. The zero-order valence-corrected chi connectivity index (χ0v) is 12.7. The van der Waals surface area contributed by atoms with E-state index in [1.807, 2.05) is 0 Å². The van der Waals surface area contributed by atoms with E-state index < -0.39 is 10.0 Å². The molecule has 2 aromatic rings. The van der Waals surface area contributed by atoms with Gasteiger partial charge >= 0.3 is 0 Å². The first-order chi connectivity index (χ1) is 8.81. The summed E-state index contributed by atoms with van der Waals surface area (Å²) in [5.74, 6) is 0. The second-order valence-electron chi connectivity index (χ2n) is 3.56. The van der Waals surface area contributed by atoms with Crippen LogP contribution in [0.2, 0.25) is 10.0 Å². The van der Waals surface area contributed by atoms with E-state index in [1.54, 1.807) is 19.1 Å². The van der Waals surface area contributed by atoms with Gasteiger partial charge in [-0.2, -0.15) is 8.42 Å². The Morgan fingerprint density at radius 2 is 2.00 bits per heavy atom. The summed E-state index contributed by atoms with van der Waals surface area (Å²) in [6.45, 7) is 1.74. The lowest BCUT2D eigenvalue weighted by molar-refractivity contribution is 0.599. The van der Waals surface area contributed by atoms with Gasteiger partial charge in [0.05, 0.1) is 15.7 Å². The maximum absolute atomic E-state index is 12.1. The average Bonchev–Trinajstić information content (AvgIpc) is 2.77. The zero-order valence-electron chi connectivity index (χ0n) is 9.52. The number of sulfonamides is 1. The first-order valence-corrected chi connectivity index (χ1v) is 7.93. The van der Waals surface area contributed by atoms with Crippen molar-refractivity contribution in [3.63, 3.8) is 0 Å². The first kappa shape index (κ1) is 14.3. The van der Waals surface area contributed by atoms with E-state index in [2.05, 4.69) is 14.9 Å². The number of nitrogen functional groups attached to an aromatic ring is 1. The molecular formula is C9H8Cl2N4O2S2. The van der Waals surface area contributed by atoms with Crippen molar-refractivity contribution in [2.24, 2.45) is 0 Å². The summed E-state index contributed by atoms with van der Waals surface area (Å²) < 4.78 is 26.1. The van der Waals surface area contributed by atoms with Crippen molar-refractivity contribution in [2.45, 2.75) is 11.3 Å². The number of hydrogen-bond acceptors (Lipinski definition) is 6. The van der Waals surface area contributed by atoms with Crippen LogP contribution in [0.25, 0.3) is 0 Å². The Labute approximate surface area is 123 Å². The number of halogens is 2. The third kappa shape index (κ3) is 2.92. The molecule has 0 radical (unpaired) electrons. The van der Waals surface area contributed by atoms with Gasteiger partial charge in [0.1, 0.15) is 0 Å². The van der Waals surface area contributed by atoms with Gasteiger partial charge in [-0.05, 0) is 18.6 Å². The SMILES string of the molecule is Cc1ccc(Cl)c(NS(=O)(=O)c2nnc(N)s2)c1Cl. The Morgan fingerprint density at radius 3 is 2.58 bits per heavy atom. The molecule has 0 amide bonds. The van der Waals surface area contributed by atoms with E-state index in [0.717, 1.165) is 11.3 Å². The highest BCUT2D eigenvalue weighted by Crippen LogP contribution is 2.34. The summed E-state index contributed by atoms with van der Waals surface area (Å²) in [6.07, 6.45) is 0. The molecule has 1 heterocycles. The monoisotopic (exact) mass is 338 g/mol. The molecule has 0 spiro atoms. The number of benzene rings is 1. The fraction of sp³-hybridized carbons (Fsp3) is 0.111. The Bertz CT molecular complexity index is 730. The topological polar surface area (TPSA) is 98.0 Å². The standard InChI is InChI=1S/C9H8Cl2N4O2S2/c1-4-2-3-5(10)7(6(4)11)15-19(16,17)9-14-13-8(12)18-9/h2-3,15H,1H3,(H2,12,13). The van der Waals surface area contributed by atoms with Gasteiger partial charge in [0.15, 0.2) is 0 Å². The molecule has 0 saturated heterocycles. The number of nitrogens with zero attached hydrogens (tertiary/aromatic N) is 2. The Kier molecular flexibility index (Phi) is 3.86. The normalized spacial score (nSPS) is 11.5. The van der Waals surface area contributed by atoms with Crippen molar-refractivity contribution in [3.8, 4) is 0 Å². The van der Waals surface area contributed by atoms with Crippen LogP contribution in [0.3, 0.4) is 0 Å². The molecule has 0 aliphatic heterocycles. The van der Waals surface area contributed by atoms with Crippen LogP contribution >= 0.6 is 34.5 Å². The van der Waals surface area contributed by atoms with Crippen LogP contribution in [-0.4, -0.2) is 18.6 Å². The average molecular weight is 339 g/mol. The molecule has 1 aromatic heterocycles. The van der Waals surface area contributed by atoms with Gasteiger partial charge in [0.25, 0.3) is 14.4 Å². The molecule has 0 saturated carbocycles. The predicted octanol–water partition coefficient (Wildman–Crippen LogP) is 2.54. The minimum atomic E-state index is -3.91. The van der Waals surface area contributed by atoms with Gasteiger partial charge < -0.3 is 5.73 Å². The number of nitrogens with two attached hydrogens (primary N) is 1. The molecular weight excluding hydrogens is 331 g/mol. The van der Waals surface area contributed by atoms with Gasteiger partial charge in [0, 0.05) is 0 Å². The van der Waals surface area contributed by atoms with Crippen LogP contribution in [0.15, 0.2) is 16.5 Å². The quantitative estimate of drug-likeness (QED) is 0.895. The number of aryl methyl sites for hydroxylation is 1. The third-order valence-electron chi connectivity index (χ3n) is 2.17. The molecule has 0 aliphatic carbocycles. The minimum absolute atomic E-state index is 0.0572. The third-order valence-corrected chi connectivity index (χ3v) is 5.44. The highest BCUT2D eigenvalue weighted by atomic mass is 35.5. The predicted molar refractivity (Wildman–Crippen MR) is 76.3 cm³/mol. The van der Waals surface area contributed by atoms with Crippen molar-refractivity contribution in [2.75, 3.05) is 10.5 Å². The molecule has 1 aromatic carbocycles. The van der Waals surface area contributed by atoms with Crippen LogP contribution in [0.1, 0.15) is 5.56 Å². The van der Waals surface area contributed by atoms with Crippen LogP contribution < -0.4 is 10.5 Å². The number of rotatable bonds is 3. The molecule has 0 aliphatic rings. The molecule has 19 heavy (non-hydrogen) atoms. The van der Waals surface area contributed by atoms with Crippen LogP contribution in [0.4, 0.5) is 10.8 Å². The lowest BCUT2D eigenvalue weighted by Crippen LogP contribution is -2.13. The van der Waals surface area contributed by atoms with Crippen molar-refractivity contribution >= 4 is 55.4 Å². The summed E-state index contributed by atoms with van der Waals surface area (Å²) in [4.78, 5) is 0. The van der Waals surface area contributed by atoms with E-state index in [9.17, 15) is 8.42 Å². The molecule has 3 N–H and O–H groups in total. The van der Waals surface area contributed by atoms with Crippen molar-refractivity contribution < 1.29 is 8.42 Å². The van der Waals surface area contributed by atoms with E-state index in [0.29, 0.717) is 5.56 Å². The van der Waals surface area contributed by atoms with Gasteiger partial charge in [-0.1, -0.05) is 40.6 Å². The van der Waals surface area contributed by atoms with Gasteiger partial charge in [-0.25, -0.2) is 0 Å². The van der Waals surface area contributed by atoms with E-state index >= 15 is 0 Å². The van der Waals surface area contributed by atoms with Crippen LogP contribution in [-0.2, 0) is 10.0 Å². The van der Waals surface area contributed by atoms with E-state index in [4.69, 9.17) is 28.9 Å². The smallest absolute Gasteiger partial charge is 0.291 e. The molecule has 0 unspecified atom stereocenters. The van der Waals surface area contributed by atoms with Gasteiger partial charge in [0.2, 0.25) is 5.13 Å². The number of hydrogen-bond donors (Lipinski definition) is 2. The summed E-state index contributed by atoms with van der Waals surface area (Å²) >= 11 is 12.7. The zero-order chi connectivity index (χ0) is 14.2. The van der Waals surface area contributed by atoms with Crippen LogP contribution in [0.5, 0.6) is 0 Å². The fourth-order valence-corrected chi connectivity index (χ4v) is 3.71. The molecule has 0 atom stereocenters. The fourth-order valence-electron chi connectivity index (χ4n) is 1.26. The van der Waals surface area contributed by atoms with E-state index in [-0.39, 0.29) is 25.2 Å². The van der Waals surface area contributed by atoms with Crippen molar-refractivity contribution in [3.05, 3.63) is 27.7 Å². The molecule has 10 heteroatoms. The maximum atomic E-state index is 12.1. The second kappa shape index (κ2) is 5.12. The first-order valence-electron chi connectivity index (χ1n) is 4.87. The summed E-state index contributed by atoms with van der Waals surface area (Å²) in [6, 6.07) is 3.24. The molecule has 2 rings (SSSR count). The number of nitrogens with one attached hydrogen (secondary N) is 1. The lowest BCUT2D eigenvalue weighted by atomic mass is 10.2. The Morgan fingerprint density at radius 1 is 1.32 bits per heavy atom. The largest absolute Gasteiger partial charge is 0.374 e. The molecule has 102 valence electrons. The lowest BCUT2D eigenvalue weighted by Gasteiger charge is -2.10. The second-order valence-corrected chi connectivity index (χ2v) is 7.22. The minimum Gasteiger partial charge on any atom is -0.374 e. The highest BCUT2D eigenvalue weighted by Gasteiger charge is 2.22. The summed E-state index contributed by atoms with van der Waals surface area (Å²) in [7, 11) is -3.91. The van der Waals surface area contributed by atoms with Gasteiger partial charge in [-0.15, -0.1) is 10.2 Å². The summed E-state index contributed by atoms with van der Waals surface area (Å²) in [5.41, 5.74) is 6.16. The van der Waals surface area contributed by atoms with E-state index in [1.165, 1.54) is 0 Å². The van der Waals surface area contributed by atoms with Crippen LogP contribution in [0, 0.1) is 6.92 Å². The molecule has 0 bridgehead atoms.